The largest absolute Gasteiger partial charge is 0.490 e. The van der Waals surface area contributed by atoms with Crippen LogP contribution in [0.3, 0.4) is 0 Å². The van der Waals surface area contributed by atoms with Gasteiger partial charge >= 0.3 is 5.97 Å². The van der Waals surface area contributed by atoms with E-state index >= 15 is 0 Å². The SMILES string of the molecule is O=C(O)c1cc(-c2ccc(OC3CCSCC3)cc2)on1. The zero-order valence-corrected chi connectivity index (χ0v) is 12.1. The van der Waals surface area contributed by atoms with E-state index in [1.165, 1.54) is 6.07 Å². The summed E-state index contributed by atoms with van der Waals surface area (Å²) in [6.45, 7) is 0. The van der Waals surface area contributed by atoms with Gasteiger partial charge in [0.15, 0.2) is 11.5 Å². The van der Waals surface area contributed by atoms with Crippen LogP contribution in [0, 0.1) is 0 Å². The summed E-state index contributed by atoms with van der Waals surface area (Å²) in [5.74, 6) is 2.47. The van der Waals surface area contributed by atoms with Crippen molar-refractivity contribution < 1.29 is 19.2 Å². The van der Waals surface area contributed by atoms with Crippen molar-refractivity contribution in [2.75, 3.05) is 11.5 Å². The Morgan fingerprint density at radius 2 is 2.00 bits per heavy atom. The van der Waals surface area contributed by atoms with Crippen LogP contribution in [0.1, 0.15) is 23.3 Å². The van der Waals surface area contributed by atoms with Crippen LogP contribution in [0.15, 0.2) is 34.9 Å². The maximum atomic E-state index is 10.8. The van der Waals surface area contributed by atoms with Crippen LogP contribution in [-0.4, -0.2) is 33.8 Å². The summed E-state index contributed by atoms with van der Waals surface area (Å²) in [6, 6.07) is 8.86. The van der Waals surface area contributed by atoms with Gasteiger partial charge in [-0.2, -0.15) is 11.8 Å². The molecule has 1 aromatic heterocycles. The Morgan fingerprint density at radius 1 is 1.29 bits per heavy atom. The molecule has 1 aromatic carbocycles. The van der Waals surface area contributed by atoms with E-state index < -0.39 is 5.97 Å². The monoisotopic (exact) mass is 305 g/mol. The van der Waals surface area contributed by atoms with Gasteiger partial charge in [-0.1, -0.05) is 5.16 Å². The summed E-state index contributed by atoms with van der Waals surface area (Å²) in [7, 11) is 0. The first kappa shape index (κ1) is 14.0. The molecule has 0 aliphatic carbocycles. The highest BCUT2D eigenvalue weighted by atomic mass is 32.2. The smallest absolute Gasteiger partial charge is 0.358 e. The van der Waals surface area contributed by atoms with Crippen LogP contribution in [0.25, 0.3) is 11.3 Å². The Hall–Kier alpha value is -1.95. The van der Waals surface area contributed by atoms with Crippen LogP contribution >= 0.6 is 11.8 Å². The fourth-order valence-electron chi connectivity index (χ4n) is 2.20. The molecule has 1 fully saturated rings. The Kier molecular flexibility index (Phi) is 4.15. The van der Waals surface area contributed by atoms with Gasteiger partial charge in [-0.25, -0.2) is 4.79 Å². The zero-order valence-electron chi connectivity index (χ0n) is 11.3. The zero-order chi connectivity index (χ0) is 14.7. The predicted molar refractivity (Wildman–Crippen MR) is 79.9 cm³/mol. The first-order valence-electron chi connectivity index (χ1n) is 6.77. The molecule has 1 aliphatic heterocycles. The van der Waals surface area contributed by atoms with E-state index in [-0.39, 0.29) is 5.69 Å². The standard InChI is InChI=1S/C15H15NO4S/c17-15(18)13-9-14(20-16-13)10-1-3-11(4-2-10)19-12-5-7-21-8-6-12/h1-4,9,12H,5-8H2,(H,17,18). The predicted octanol–water partition coefficient (Wildman–Crippen LogP) is 3.31. The van der Waals surface area contributed by atoms with Gasteiger partial charge in [-0.3, -0.25) is 0 Å². The number of hydrogen-bond donors (Lipinski definition) is 1. The molecule has 0 bridgehead atoms. The van der Waals surface area contributed by atoms with Crippen LogP contribution in [-0.2, 0) is 0 Å². The molecule has 0 saturated carbocycles. The molecule has 3 rings (SSSR count). The first-order valence-corrected chi connectivity index (χ1v) is 7.93. The number of aromatic nitrogens is 1. The van der Waals surface area contributed by atoms with Gasteiger partial charge in [0.1, 0.15) is 11.9 Å². The summed E-state index contributed by atoms with van der Waals surface area (Å²) in [4.78, 5) is 10.8. The van der Waals surface area contributed by atoms with Crippen molar-refractivity contribution in [3.8, 4) is 17.1 Å². The maximum Gasteiger partial charge on any atom is 0.358 e. The minimum Gasteiger partial charge on any atom is -0.490 e. The molecule has 0 radical (unpaired) electrons. The number of aromatic carboxylic acids is 1. The minimum absolute atomic E-state index is 0.0926. The number of rotatable bonds is 4. The highest BCUT2D eigenvalue weighted by Crippen LogP contribution is 2.26. The highest BCUT2D eigenvalue weighted by molar-refractivity contribution is 7.99. The van der Waals surface area contributed by atoms with Crippen molar-refractivity contribution in [1.29, 1.82) is 0 Å². The minimum atomic E-state index is -1.10. The number of hydrogen-bond acceptors (Lipinski definition) is 5. The molecule has 6 heteroatoms. The third kappa shape index (κ3) is 3.39. The Labute approximate surface area is 126 Å². The summed E-state index contributed by atoms with van der Waals surface area (Å²) in [6.07, 6.45) is 2.45. The third-order valence-electron chi connectivity index (χ3n) is 3.34. The van der Waals surface area contributed by atoms with Crippen LogP contribution in [0.5, 0.6) is 5.75 Å². The topological polar surface area (TPSA) is 72.6 Å². The van der Waals surface area contributed by atoms with Crippen molar-refractivity contribution in [1.82, 2.24) is 5.16 Å². The van der Waals surface area contributed by atoms with Gasteiger partial charge in [0.05, 0.1) is 0 Å². The number of thioether (sulfide) groups is 1. The molecule has 0 amide bonds. The van der Waals surface area contributed by atoms with E-state index in [9.17, 15) is 4.79 Å². The lowest BCUT2D eigenvalue weighted by Gasteiger charge is -2.22. The second kappa shape index (κ2) is 6.22. The maximum absolute atomic E-state index is 10.8. The second-order valence-electron chi connectivity index (χ2n) is 4.84. The lowest BCUT2D eigenvalue weighted by atomic mass is 10.1. The number of ether oxygens (including phenoxy) is 1. The number of nitrogens with zero attached hydrogens (tertiary/aromatic N) is 1. The summed E-state index contributed by atoms with van der Waals surface area (Å²) in [5, 5.41) is 12.3. The fraction of sp³-hybridized carbons (Fsp3) is 0.333. The van der Waals surface area contributed by atoms with Crippen LogP contribution in [0.2, 0.25) is 0 Å². The molecule has 110 valence electrons. The fourth-order valence-corrected chi connectivity index (χ4v) is 3.26. The van der Waals surface area contributed by atoms with E-state index in [0.29, 0.717) is 11.9 Å². The molecular formula is C15H15NO4S. The average Bonchev–Trinajstić information content (AvgIpc) is 2.99. The molecule has 21 heavy (non-hydrogen) atoms. The molecule has 2 heterocycles. The average molecular weight is 305 g/mol. The van der Waals surface area contributed by atoms with Gasteiger partial charge in [0.2, 0.25) is 0 Å². The van der Waals surface area contributed by atoms with Gasteiger partial charge in [0, 0.05) is 11.6 Å². The molecule has 1 N–H and O–H groups in total. The second-order valence-corrected chi connectivity index (χ2v) is 6.06. The summed E-state index contributed by atoms with van der Waals surface area (Å²) >= 11 is 1.97. The van der Waals surface area contributed by atoms with E-state index in [1.54, 1.807) is 0 Å². The van der Waals surface area contributed by atoms with Crippen molar-refractivity contribution in [2.45, 2.75) is 18.9 Å². The quantitative estimate of drug-likeness (QED) is 0.934. The molecule has 5 nitrogen and oxygen atoms in total. The molecular weight excluding hydrogens is 290 g/mol. The highest BCUT2D eigenvalue weighted by Gasteiger charge is 2.16. The third-order valence-corrected chi connectivity index (χ3v) is 4.39. The Bertz CT molecular complexity index is 617. The number of carboxylic acid groups (broad SMARTS) is 1. The van der Waals surface area contributed by atoms with Crippen LogP contribution in [0.4, 0.5) is 0 Å². The lowest BCUT2D eigenvalue weighted by Crippen LogP contribution is -2.21. The molecule has 2 aromatic rings. The first-order chi connectivity index (χ1) is 10.2. The number of carbonyl (C=O) groups is 1. The molecule has 1 saturated heterocycles. The Balaban J connectivity index is 1.69. The molecule has 0 unspecified atom stereocenters. The molecule has 0 spiro atoms. The summed E-state index contributed by atoms with van der Waals surface area (Å²) < 4.78 is 11.0. The normalized spacial score (nSPS) is 15.8. The van der Waals surface area contributed by atoms with Crippen molar-refractivity contribution in [2.24, 2.45) is 0 Å². The van der Waals surface area contributed by atoms with Crippen molar-refractivity contribution in [3.63, 3.8) is 0 Å². The van der Waals surface area contributed by atoms with E-state index in [0.717, 1.165) is 35.7 Å². The van der Waals surface area contributed by atoms with E-state index in [1.807, 2.05) is 36.0 Å². The van der Waals surface area contributed by atoms with Crippen LogP contribution < -0.4 is 4.74 Å². The van der Waals surface area contributed by atoms with Gasteiger partial charge in [0.25, 0.3) is 0 Å². The summed E-state index contributed by atoms with van der Waals surface area (Å²) in [5.41, 5.74) is 0.687. The van der Waals surface area contributed by atoms with Crippen molar-refractivity contribution >= 4 is 17.7 Å². The van der Waals surface area contributed by atoms with Gasteiger partial charge < -0.3 is 14.4 Å². The van der Waals surface area contributed by atoms with Gasteiger partial charge in [-0.15, -0.1) is 0 Å². The van der Waals surface area contributed by atoms with E-state index in [4.69, 9.17) is 14.4 Å². The number of benzene rings is 1. The molecule has 0 atom stereocenters. The lowest BCUT2D eigenvalue weighted by molar-refractivity contribution is 0.0686. The Morgan fingerprint density at radius 3 is 2.62 bits per heavy atom. The van der Waals surface area contributed by atoms with Crippen molar-refractivity contribution in [3.05, 3.63) is 36.0 Å². The van der Waals surface area contributed by atoms with Gasteiger partial charge in [-0.05, 0) is 48.6 Å². The number of carboxylic acids is 1. The molecule has 1 aliphatic rings. The van der Waals surface area contributed by atoms with E-state index in [2.05, 4.69) is 5.16 Å².